The van der Waals surface area contributed by atoms with Crippen molar-refractivity contribution in [1.29, 1.82) is 0 Å². The minimum absolute atomic E-state index is 0.0162. The normalized spacial score (nSPS) is 14.7. The number of nitrogens with zero attached hydrogens (tertiary/aromatic N) is 3. The maximum absolute atomic E-state index is 7.16. The Morgan fingerprint density at radius 2 is 1.04 bits per heavy atom. The average Bonchev–Trinajstić information content (AvgIpc) is 3.69. The second-order valence-corrected chi connectivity index (χ2v) is 23.1. The number of hydrogen-bond acceptors (Lipinski definition) is 4. The predicted octanol–water partition coefficient (Wildman–Crippen LogP) is 16.3. The van der Waals surface area contributed by atoms with Crippen LogP contribution in [0.1, 0.15) is 104 Å². The zero-order chi connectivity index (χ0) is 47.2. The fraction of sp³-hybridized carbons (Fsp3) is 0.238. The van der Waals surface area contributed by atoms with Crippen molar-refractivity contribution in [2.24, 2.45) is 0 Å². The molecule has 0 fully saturated rings. The molecule has 4 nitrogen and oxygen atoms in total. The molecule has 1 aromatic heterocycles. The van der Waals surface area contributed by atoms with Gasteiger partial charge >= 0.3 is 6.85 Å². The first-order valence-electron chi connectivity index (χ1n) is 24.5. The number of anilines is 8. The minimum atomic E-state index is -0.235. The van der Waals surface area contributed by atoms with Crippen molar-refractivity contribution in [3.05, 3.63) is 192 Å². The molecule has 0 N–H and O–H groups in total. The molecule has 8 aromatic carbocycles. The number of furan rings is 1. The Hall–Kier alpha value is -6.98. The maximum Gasteiger partial charge on any atom is 0.333 e. The van der Waals surface area contributed by atoms with E-state index in [2.05, 4.69) is 255 Å². The molecule has 3 aliphatic heterocycles. The molecule has 0 spiro atoms. The molecular weight excluding hydrogens is 826 g/mol. The smallest absolute Gasteiger partial charge is 0.333 e. The molecule has 0 amide bonds. The van der Waals surface area contributed by atoms with E-state index < -0.39 is 0 Å². The largest absolute Gasteiger partial charge is 0.454 e. The Morgan fingerprint density at radius 3 is 1.68 bits per heavy atom. The van der Waals surface area contributed by atoms with E-state index in [0.717, 1.165) is 50.4 Å². The summed E-state index contributed by atoms with van der Waals surface area (Å²) in [7, 11) is 0. The molecular formula is C63H60BN3O. The molecule has 336 valence electrons. The standard InChI is InChI=1S/C63H60BN3O/c1-60(2,3)39-23-29-42(30-24-39)65(43-31-25-40(26-32-43)61(4,5)6)45-35-36-53-47(37-45)48-38-49-46-17-12-15-22-55(46)68-59(49)58-56(48)64(67(53)44-33-27-41(28-34-44)62(7,8)9)52-20-16-19-51-57(52)66(58)54-21-14-13-18-50(54)63(51,10)11/h12-38H,1-11H3. The summed E-state index contributed by atoms with van der Waals surface area (Å²) in [5.74, 6) is 0. The Morgan fingerprint density at radius 1 is 0.485 bits per heavy atom. The fourth-order valence-electron chi connectivity index (χ4n) is 11.5. The summed E-state index contributed by atoms with van der Waals surface area (Å²) < 4.78 is 7.16. The third-order valence-corrected chi connectivity index (χ3v) is 15.3. The summed E-state index contributed by atoms with van der Waals surface area (Å²) in [4.78, 5) is 7.64. The van der Waals surface area contributed by atoms with Crippen LogP contribution in [0.3, 0.4) is 0 Å². The van der Waals surface area contributed by atoms with Gasteiger partial charge in [-0.2, -0.15) is 0 Å². The highest BCUT2D eigenvalue weighted by molar-refractivity contribution is 6.94. The van der Waals surface area contributed by atoms with Gasteiger partial charge in [-0.05, 0) is 133 Å². The number of rotatable bonds is 4. The van der Waals surface area contributed by atoms with Crippen molar-refractivity contribution in [1.82, 2.24) is 0 Å². The van der Waals surface area contributed by atoms with Crippen molar-refractivity contribution in [2.45, 2.75) is 97.8 Å². The lowest BCUT2D eigenvalue weighted by Gasteiger charge is -2.50. The third-order valence-electron chi connectivity index (χ3n) is 15.3. The highest BCUT2D eigenvalue weighted by atomic mass is 16.3. The SMILES string of the molecule is CC(C)(C)c1ccc(N2B3c4cccc5c4N(c4ccccc4C5(C)C)c4c3c(cc3c4oc4ccccc43)-c3cc(N(c4ccc(C(C)(C)C)cc4)c4ccc(C(C)(C)C)cc4)ccc32)cc1. The van der Waals surface area contributed by atoms with Gasteiger partial charge in [0.1, 0.15) is 5.58 Å². The lowest BCUT2D eigenvalue weighted by molar-refractivity contribution is 0.590. The Bertz CT molecular complexity index is 3430. The number of hydrogen-bond donors (Lipinski definition) is 0. The first kappa shape index (κ1) is 42.4. The zero-order valence-corrected chi connectivity index (χ0v) is 41.4. The van der Waals surface area contributed by atoms with Crippen LogP contribution in [-0.2, 0) is 21.7 Å². The summed E-state index contributed by atoms with van der Waals surface area (Å²) in [5.41, 5.74) is 22.5. The van der Waals surface area contributed by atoms with E-state index in [9.17, 15) is 0 Å². The van der Waals surface area contributed by atoms with Crippen molar-refractivity contribution < 1.29 is 4.42 Å². The monoisotopic (exact) mass is 885 g/mol. The van der Waals surface area contributed by atoms with Crippen LogP contribution in [0.5, 0.6) is 0 Å². The fourth-order valence-corrected chi connectivity index (χ4v) is 11.5. The van der Waals surface area contributed by atoms with E-state index in [-0.39, 0.29) is 28.5 Å². The molecule has 0 bridgehead atoms. The summed E-state index contributed by atoms with van der Waals surface area (Å²) in [5, 5.41) is 2.25. The maximum atomic E-state index is 7.16. The average molecular weight is 886 g/mol. The van der Waals surface area contributed by atoms with Gasteiger partial charge in [0, 0.05) is 55.9 Å². The van der Waals surface area contributed by atoms with Gasteiger partial charge in [0.25, 0.3) is 0 Å². The van der Waals surface area contributed by atoms with E-state index in [1.807, 2.05) is 0 Å². The molecule has 68 heavy (non-hydrogen) atoms. The van der Waals surface area contributed by atoms with Gasteiger partial charge in [0.2, 0.25) is 0 Å². The minimum Gasteiger partial charge on any atom is -0.454 e. The van der Waals surface area contributed by atoms with Crippen LogP contribution < -0.4 is 25.5 Å². The molecule has 5 heteroatoms. The van der Waals surface area contributed by atoms with Crippen LogP contribution in [0.2, 0.25) is 0 Å². The predicted molar refractivity (Wildman–Crippen MR) is 290 cm³/mol. The van der Waals surface area contributed by atoms with Crippen molar-refractivity contribution in [3.63, 3.8) is 0 Å². The molecule has 0 saturated heterocycles. The summed E-state index contributed by atoms with van der Waals surface area (Å²) >= 11 is 0. The molecule has 12 rings (SSSR count). The van der Waals surface area contributed by atoms with Crippen LogP contribution in [0.15, 0.2) is 168 Å². The molecule has 0 radical (unpaired) electrons. The van der Waals surface area contributed by atoms with Crippen LogP contribution in [0.25, 0.3) is 33.1 Å². The van der Waals surface area contributed by atoms with Gasteiger partial charge in [-0.25, -0.2) is 0 Å². The van der Waals surface area contributed by atoms with E-state index in [1.165, 1.54) is 66.9 Å². The first-order chi connectivity index (χ1) is 32.4. The molecule has 0 aliphatic carbocycles. The lowest BCUT2D eigenvalue weighted by atomic mass is 9.42. The van der Waals surface area contributed by atoms with Gasteiger partial charge in [-0.3, -0.25) is 0 Å². The molecule has 3 aliphatic rings. The Kier molecular flexibility index (Phi) is 9.05. The van der Waals surface area contributed by atoms with Gasteiger partial charge in [-0.15, -0.1) is 0 Å². The van der Waals surface area contributed by atoms with Crippen molar-refractivity contribution in [2.75, 3.05) is 14.6 Å². The summed E-state index contributed by atoms with van der Waals surface area (Å²) in [6, 6.07) is 62.0. The van der Waals surface area contributed by atoms with E-state index in [1.54, 1.807) is 0 Å². The lowest BCUT2D eigenvalue weighted by Crippen LogP contribution is -2.62. The van der Waals surface area contributed by atoms with Gasteiger partial charge in [0.15, 0.2) is 5.58 Å². The van der Waals surface area contributed by atoms with E-state index in [4.69, 9.17) is 4.42 Å². The van der Waals surface area contributed by atoms with Crippen LogP contribution in [0.4, 0.5) is 45.5 Å². The molecule has 0 saturated carbocycles. The second-order valence-electron chi connectivity index (χ2n) is 23.1. The van der Waals surface area contributed by atoms with Gasteiger partial charge in [0.05, 0.1) is 11.4 Å². The number of para-hydroxylation sites is 3. The van der Waals surface area contributed by atoms with Crippen molar-refractivity contribution >= 4 is 85.2 Å². The Balaban J connectivity index is 1.18. The highest BCUT2D eigenvalue weighted by Crippen LogP contribution is 2.57. The van der Waals surface area contributed by atoms with Crippen LogP contribution in [0, 0.1) is 0 Å². The molecule has 9 aromatic rings. The summed E-state index contributed by atoms with van der Waals surface area (Å²) in [6.07, 6.45) is 0. The molecule has 0 atom stereocenters. The zero-order valence-electron chi connectivity index (χ0n) is 41.4. The van der Waals surface area contributed by atoms with Crippen molar-refractivity contribution in [3.8, 4) is 11.1 Å². The van der Waals surface area contributed by atoms with Crippen LogP contribution >= 0.6 is 0 Å². The highest BCUT2D eigenvalue weighted by Gasteiger charge is 2.50. The van der Waals surface area contributed by atoms with Gasteiger partial charge < -0.3 is 19.0 Å². The van der Waals surface area contributed by atoms with E-state index >= 15 is 0 Å². The Labute approximate surface area is 403 Å². The number of fused-ring (bicyclic) bond motifs is 10. The van der Waals surface area contributed by atoms with Gasteiger partial charge in [-0.1, -0.05) is 167 Å². The topological polar surface area (TPSA) is 22.9 Å². The number of benzene rings is 8. The quantitative estimate of drug-likeness (QED) is 0.164. The second kappa shape index (κ2) is 14.5. The molecule has 0 unspecified atom stereocenters. The summed E-state index contributed by atoms with van der Waals surface area (Å²) in [6.45, 7) is 25.2. The van der Waals surface area contributed by atoms with E-state index in [0.29, 0.717) is 0 Å². The molecule has 4 heterocycles. The first-order valence-corrected chi connectivity index (χ1v) is 24.5. The van der Waals surface area contributed by atoms with Crippen LogP contribution in [-0.4, -0.2) is 6.85 Å². The third kappa shape index (κ3) is 6.27.